The number of carbonyl (C=O) groups is 1. The molecule has 6 nitrogen and oxygen atoms in total. The highest BCUT2D eigenvalue weighted by Crippen LogP contribution is 2.21. The summed E-state index contributed by atoms with van der Waals surface area (Å²) in [5.41, 5.74) is 1.65. The zero-order valence-electron chi connectivity index (χ0n) is 13.9. The highest BCUT2D eigenvalue weighted by atomic mass is 19.1. The molecule has 0 spiro atoms. The molecule has 0 fully saturated rings. The first-order valence-corrected chi connectivity index (χ1v) is 7.78. The summed E-state index contributed by atoms with van der Waals surface area (Å²) in [5, 5.41) is 8.29. The van der Waals surface area contributed by atoms with Gasteiger partial charge in [0.2, 0.25) is 0 Å². The van der Waals surface area contributed by atoms with Crippen LogP contribution in [0.2, 0.25) is 0 Å². The maximum Gasteiger partial charge on any atom is 0.410 e. The highest BCUT2D eigenvalue weighted by Gasteiger charge is 2.27. The van der Waals surface area contributed by atoms with E-state index in [1.54, 1.807) is 17.0 Å². The molecule has 126 valence electrons. The Hall–Kier alpha value is -2.57. The van der Waals surface area contributed by atoms with E-state index in [2.05, 4.69) is 15.2 Å². The predicted octanol–water partition coefficient (Wildman–Crippen LogP) is 2.97. The molecule has 1 aromatic carbocycles. The fraction of sp³-hybridized carbons (Fsp3) is 0.412. The third-order valence-corrected chi connectivity index (χ3v) is 3.55. The van der Waals surface area contributed by atoms with Crippen LogP contribution in [0.5, 0.6) is 0 Å². The van der Waals surface area contributed by atoms with Gasteiger partial charge >= 0.3 is 6.09 Å². The first kappa shape index (κ1) is 16.3. The third kappa shape index (κ3) is 3.67. The Morgan fingerprint density at radius 1 is 1.17 bits per heavy atom. The number of rotatable bonds is 1. The SMILES string of the molecule is CC(C)(C)OC(=O)N1CCc2nc(-c3ccc(F)cc3)nnc2C1. The normalized spacial score (nSPS) is 14.2. The molecule has 0 radical (unpaired) electrons. The molecular weight excluding hydrogens is 311 g/mol. The van der Waals surface area contributed by atoms with Crippen LogP contribution in [0.3, 0.4) is 0 Å². The van der Waals surface area contributed by atoms with Crippen molar-refractivity contribution in [2.75, 3.05) is 6.54 Å². The zero-order chi connectivity index (χ0) is 17.3. The van der Waals surface area contributed by atoms with Crippen LogP contribution in [0.1, 0.15) is 32.2 Å². The van der Waals surface area contributed by atoms with E-state index in [1.807, 2.05) is 20.8 Å². The van der Waals surface area contributed by atoms with Crippen LogP contribution in [-0.2, 0) is 17.7 Å². The average molecular weight is 330 g/mol. The number of nitrogens with zero attached hydrogens (tertiary/aromatic N) is 4. The minimum Gasteiger partial charge on any atom is -0.444 e. The quantitative estimate of drug-likeness (QED) is 0.804. The maximum absolute atomic E-state index is 13.0. The van der Waals surface area contributed by atoms with Gasteiger partial charge in [0, 0.05) is 18.5 Å². The van der Waals surface area contributed by atoms with Crippen LogP contribution in [-0.4, -0.2) is 38.3 Å². The van der Waals surface area contributed by atoms with Gasteiger partial charge in [0.25, 0.3) is 0 Å². The molecule has 0 saturated heterocycles. The summed E-state index contributed by atoms with van der Waals surface area (Å²) < 4.78 is 18.4. The van der Waals surface area contributed by atoms with Gasteiger partial charge in [-0.05, 0) is 45.0 Å². The van der Waals surface area contributed by atoms with Gasteiger partial charge in [0.05, 0.1) is 12.2 Å². The van der Waals surface area contributed by atoms with Crippen molar-refractivity contribution in [2.45, 2.75) is 39.3 Å². The molecule has 1 aliphatic heterocycles. The molecular formula is C17H19FN4O2. The lowest BCUT2D eigenvalue weighted by Crippen LogP contribution is -2.40. The summed E-state index contributed by atoms with van der Waals surface area (Å²) in [5.74, 6) is 0.150. The molecule has 2 heterocycles. The Morgan fingerprint density at radius 2 is 1.88 bits per heavy atom. The van der Waals surface area contributed by atoms with Crippen molar-refractivity contribution in [1.82, 2.24) is 20.1 Å². The number of halogens is 1. The highest BCUT2D eigenvalue weighted by molar-refractivity contribution is 5.68. The van der Waals surface area contributed by atoms with Crippen molar-refractivity contribution in [2.24, 2.45) is 0 Å². The Bertz CT molecular complexity index is 756. The second-order valence-electron chi connectivity index (χ2n) is 6.69. The second kappa shape index (κ2) is 6.14. The number of benzene rings is 1. The summed E-state index contributed by atoms with van der Waals surface area (Å²) in [6, 6.07) is 5.97. The maximum atomic E-state index is 13.0. The Morgan fingerprint density at radius 3 is 2.54 bits per heavy atom. The monoisotopic (exact) mass is 330 g/mol. The molecule has 1 aliphatic rings. The van der Waals surface area contributed by atoms with Crippen LogP contribution in [0, 0.1) is 5.82 Å². The predicted molar refractivity (Wildman–Crippen MR) is 85.6 cm³/mol. The lowest BCUT2D eigenvalue weighted by Gasteiger charge is -2.30. The van der Waals surface area contributed by atoms with Crippen molar-refractivity contribution in [3.8, 4) is 11.4 Å². The number of carbonyl (C=O) groups excluding carboxylic acids is 1. The standard InChI is InChI=1S/C17H19FN4O2/c1-17(2,3)24-16(23)22-9-8-13-14(10-22)20-21-15(19-13)11-4-6-12(18)7-5-11/h4-7H,8-10H2,1-3H3. The molecule has 0 bridgehead atoms. The Balaban J connectivity index is 1.77. The number of hydrogen-bond donors (Lipinski definition) is 0. The largest absolute Gasteiger partial charge is 0.444 e. The molecule has 1 amide bonds. The van der Waals surface area contributed by atoms with Crippen LogP contribution >= 0.6 is 0 Å². The molecule has 7 heteroatoms. The number of aromatic nitrogens is 3. The lowest BCUT2D eigenvalue weighted by atomic mass is 10.1. The smallest absolute Gasteiger partial charge is 0.410 e. The van der Waals surface area contributed by atoms with E-state index in [-0.39, 0.29) is 11.9 Å². The molecule has 3 rings (SSSR count). The van der Waals surface area contributed by atoms with Gasteiger partial charge in [-0.3, -0.25) is 0 Å². The van der Waals surface area contributed by atoms with E-state index < -0.39 is 5.60 Å². The first-order valence-electron chi connectivity index (χ1n) is 7.78. The van der Waals surface area contributed by atoms with Gasteiger partial charge < -0.3 is 9.64 Å². The molecule has 0 atom stereocenters. The molecule has 0 aliphatic carbocycles. The third-order valence-electron chi connectivity index (χ3n) is 3.55. The van der Waals surface area contributed by atoms with Gasteiger partial charge in [-0.1, -0.05) is 0 Å². The van der Waals surface area contributed by atoms with Crippen LogP contribution in [0.25, 0.3) is 11.4 Å². The summed E-state index contributed by atoms with van der Waals surface area (Å²) in [6.07, 6.45) is 0.218. The summed E-state index contributed by atoms with van der Waals surface area (Å²) in [6.45, 7) is 6.34. The van der Waals surface area contributed by atoms with E-state index in [0.29, 0.717) is 36.6 Å². The summed E-state index contributed by atoms with van der Waals surface area (Å²) in [4.78, 5) is 18.2. The molecule has 2 aromatic rings. The van der Waals surface area contributed by atoms with Gasteiger partial charge in [0.1, 0.15) is 17.1 Å². The van der Waals surface area contributed by atoms with E-state index in [0.717, 1.165) is 5.69 Å². The van der Waals surface area contributed by atoms with Gasteiger partial charge in [-0.15, -0.1) is 10.2 Å². The molecule has 0 saturated carbocycles. The molecule has 1 aromatic heterocycles. The number of amides is 1. The van der Waals surface area contributed by atoms with Gasteiger partial charge in [-0.2, -0.15) is 0 Å². The lowest BCUT2D eigenvalue weighted by molar-refractivity contribution is 0.0219. The Labute approximate surface area is 139 Å². The summed E-state index contributed by atoms with van der Waals surface area (Å²) >= 11 is 0. The van der Waals surface area contributed by atoms with Crippen LogP contribution in [0.15, 0.2) is 24.3 Å². The van der Waals surface area contributed by atoms with Crippen molar-refractivity contribution >= 4 is 6.09 Å². The Kier molecular flexibility index (Phi) is 4.17. The fourth-order valence-corrected chi connectivity index (χ4v) is 2.41. The van der Waals surface area contributed by atoms with Crippen molar-refractivity contribution < 1.29 is 13.9 Å². The minimum atomic E-state index is -0.534. The van der Waals surface area contributed by atoms with Crippen LogP contribution in [0.4, 0.5) is 9.18 Å². The molecule has 0 unspecified atom stereocenters. The van der Waals surface area contributed by atoms with Gasteiger partial charge in [-0.25, -0.2) is 14.2 Å². The fourth-order valence-electron chi connectivity index (χ4n) is 2.41. The second-order valence-corrected chi connectivity index (χ2v) is 6.69. The molecule has 24 heavy (non-hydrogen) atoms. The van der Waals surface area contributed by atoms with Crippen molar-refractivity contribution in [3.05, 3.63) is 41.5 Å². The molecule has 0 N–H and O–H groups in total. The van der Waals surface area contributed by atoms with Crippen molar-refractivity contribution in [3.63, 3.8) is 0 Å². The minimum absolute atomic E-state index is 0.308. The number of fused-ring (bicyclic) bond motifs is 1. The average Bonchev–Trinajstić information content (AvgIpc) is 2.53. The summed E-state index contributed by atoms with van der Waals surface area (Å²) in [7, 11) is 0. The topological polar surface area (TPSA) is 68.2 Å². The van der Waals surface area contributed by atoms with E-state index in [1.165, 1.54) is 12.1 Å². The number of hydrogen-bond acceptors (Lipinski definition) is 5. The van der Waals surface area contributed by atoms with E-state index in [9.17, 15) is 9.18 Å². The van der Waals surface area contributed by atoms with E-state index >= 15 is 0 Å². The first-order chi connectivity index (χ1) is 11.3. The number of ether oxygens (including phenoxy) is 1. The van der Waals surface area contributed by atoms with Gasteiger partial charge in [0.15, 0.2) is 5.82 Å². The van der Waals surface area contributed by atoms with Crippen molar-refractivity contribution in [1.29, 1.82) is 0 Å². The van der Waals surface area contributed by atoms with E-state index in [4.69, 9.17) is 4.74 Å². The zero-order valence-corrected chi connectivity index (χ0v) is 13.9. The van der Waals surface area contributed by atoms with Crippen LogP contribution < -0.4 is 0 Å².